The third-order valence-corrected chi connectivity index (χ3v) is 1.85. The van der Waals surface area contributed by atoms with E-state index in [4.69, 9.17) is 13.9 Å². The molecule has 1 atom stereocenters. The molecule has 1 unspecified atom stereocenters. The van der Waals surface area contributed by atoms with Crippen molar-refractivity contribution in [3.8, 4) is 0 Å². The lowest BCUT2D eigenvalue weighted by atomic mass is 10.2. The SMILES string of the molecule is OP1OC2=C(C=C[C+]=C2)O1. The molecule has 0 amide bonds. The quantitative estimate of drug-likeness (QED) is 0.424. The summed E-state index contributed by atoms with van der Waals surface area (Å²) in [5.74, 6) is 1.16. The second-order valence-electron chi connectivity index (χ2n) is 1.79. The lowest BCUT2D eigenvalue weighted by Gasteiger charge is -1.92. The summed E-state index contributed by atoms with van der Waals surface area (Å²) in [4.78, 5) is 8.86. The van der Waals surface area contributed by atoms with Crippen LogP contribution in [0.15, 0.2) is 29.7 Å². The molecular formula is C6H4O3P+. The molecule has 0 aromatic rings. The zero-order valence-electron chi connectivity index (χ0n) is 4.94. The van der Waals surface area contributed by atoms with E-state index < -0.39 is 8.60 Å². The first-order chi connectivity index (χ1) is 4.86. The summed E-state index contributed by atoms with van der Waals surface area (Å²) in [6, 6.07) is 0. The fraction of sp³-hybridized carbons (Fsp3) is 0. The second-order valence-corrected chi connectivity index (χ2v) is 2.63. The van der Waals surface area contributed by atoms with E-state index in [1.165, 1.54) is 0 Å². The van der Waals surface area contributed by atoms with E-state index in [0.29, 0.717) is 11.5 Å². The average molecular weight is 155 g/mol. The maximum Gasteiger partial charge on any atom is 0.476 e. The monoisotopic (exact) mass is 155 g/mol. The van der Waals surface area contributed by atoms with E-state index in [9.17, 15) is 0 Å². The summed E-state index contributed by atoms with van der Waals surface area (Å²) in [5, 5.41) is 0. The van der Waals surface area contributed by atoms with Crippen molar-refractivity contribution in [2.45, 2.75) is 0 Å². The van der Waals surface area contributed by atoms with Gasteiger partial charge < -0.3 is 13.9 Å². The van der Waals surface area contributed by atoms with E-state index in [0.717, 1.165) is 0 Å². The van der Waals surface area contributed by atoms with Crippen LogP contribution in [-0.4, -0.2) is 4.89 Å². The van der Waals surface area contributed by atoms with Gasteiger partial charge in [-0.25, -0.2) is 0 Å². The van der Waals surface area contributed by atoms with Gasteiger partial charge in [-0.2, -0.15) is 0 Å². The van der Waals surface area contributed by atoms with Crippen molar-refractivity contribution in [2.75, 3.05) is 0 Å². The van der Waals surface area contributed by atoms with Crippen LogP contribution in [0.4, 0.5) is 0 Å². The van der Waals surface area contributed by atoms with Gasteiger partial charge in [0.2, 0.25) is 0 Å². The smallest absolute Gasteiger partial charge is 0.388 e. The molecular weight excluding hydrogens is 151 g/mol. The van der Waals surface area contributed by atoms with Gasteiger partial charge in [-0.05, 0) is 0 Å². The van der Waals surface area contributed by atoms with E-state index in [1.54, 1.807) is 18.2 Å². The molecule has 0 fully saturated rings. The van der Waals surface area contributed by atoms with Gasteiger partial charge in [-0.1, -0.05) is 0 Å². The molecule has 0 aromatic heterocycles. The first-order valence-corrected chi connectivity index (χ1v) is 3.84. The first-order valence-electron chi connectivity index (χ1n) is 2.71. The molecule has 0 saturated carbocycles. The van der Waals surface area contributed by atoms with Crippen molar-refractivity contribution in [1.29, 1.82) is 0 Å². The molecule has 0 bridgehead atoms. The van der Waals surface area contributed by atoms with Crippen LogP contribution in [-0.2, 0) is 9.05 Å². The lowest BCUT2D eigenvalue weighted by Crippen LogP contribution is -1.82. The summed E-state index contributed by atoms with van der Waals surface area (Å²) < 4.78 is 9.76. The van der Waals surface area contributed by atoms with Gasteiger partial charge in [0.05, 0.1) is 6.08 Å². The van der Waals surface area contributed by atoms with E-state index in [-0.39, 0.29) is 0 Å². The zero-order chi connectivity index (χ0) is 6.97. The molecule has 4 heteroatoms. The molecule has 1 N–H and O–H groups in total. The Morgan fingerprint density at radius 3 is 3.00 bits per heavy atom. The maximum atomic E-state index is 8.86. The highest BCUT2D eigenvalue weighted by Crippen LogP contribution is 2.47. The van der Waals surface area contributed by atoms with Crippen LogP contribution in [0.1, 0.15) is 0 Å². The number of hydrogen-bond donors (Lipinski definition) is 1. The predicted molar refractivity (Wildman–Crippen MR) is 35.3 cm³/mol. The van der Waals surface area contributed by atoms with Crippen molar-refractivity contribution in [3.05, 3.63) is 35.8 Å². The van der Waals surface area contributed by atoms with Gasteiger partial charge in [0.1, 0.15) is 6.08 Å². The molecule has 2 rings (SSSR count). The van der Waals surface area contributed by atoms with Gasteiger partial charge in [0.15, 0.2) is 6.08 Å². The molecule has 0 aromatic carbocycles. The van der Waals surface area contributed by atoms with Gasteiger partial charge in [0.25, 0.3) is 11.5 Å². The summed E-state index contributed by atoms with van der Waals surface area (Å²) in [6.45, 7) is 0. The highest BCUT2D eigenvalue weighted by Gasteiger charge is 2.32. The van der Waals surface area contributed by atoms with Gasteiger partial charge in [-0.3, -0.25) is 0 Å². The molecule has 0 spiro atoms. The Morgan fingerprint density at radius 1 is 1.40 bits per heavy atom. The minimum absolute atomic E-state index is 0.566. The van der Waals surface area contributed by atoms with E-state index >= 15 is 0 Å². The average Bonchev–Trinajstić information content (AvgIpc) is 2.27. The molecule has 1 aliphatic heterocycles. The van der Waals surface area contributed by atoms with Crippen LogP contribution in [0.5, 0.6) is 0 Å². The largest absolute Gasteiger partial charge is 0.476 e. The summed E-state index contributed by atoms with van der Waals surface area (Å²) >= 11 is 0. The standard InChI is InChI=1S/C6H4O3P/c7-10-8-5-3-1-2-4-6(5)9-10/h1,3-4,7H/q+1. The predicted octanol–water partition coefficient (Wildman–Crippen LogP) is 1.39. The molecule has 0 saturated heterocycles. The number of hydrogen-bond acceptors (Lipinski definition) is 3. The molecule has 2 aliphatic rings. The van der Waals surface area contributed by atoms with E-state index in [2.05, 4.69) is 6.08 Å². The molecule has 50 valence electrons. The second kappa shape index (κ2) is 2.06. The van der Waals surface area contributed by atoms with Crippen LogP contribution in [0, 0.1) is 6.08 Å². The van der Waals surface area contributed by atoms with Crippen molar-refractivity contribution in [1.82, 2.24) is 0 Å². The topological polar surface area (TPSA) is 38.7 Å². The Kier molecular flexibility index (Phi) is 1.21. The molecule has 0 radical (unpaired) electrons. The third kappa shape index (κ3) is 0.812. The van der Waals surface area contributed by atoms with Crippen LogP contribution >= 0.6 is 8.60 Å². The van der Waals surface area contributed by atoms with Crippen molar-refractivity contribution < 1.29 is 13.9 Å². The number of rotatable bonds is 0. The van der Waals surface area contributed by atoms with Gasteiger partial charge in [0, 0.05) is 6.08 Å². The Balaban J connectivity index is 2.31. The van der Waals surface area contributed by atoms with Crippen molar-refractivity contribution in [2.24, 2.45) is 0 Å². The summed E-state index contributed by atoms with van der Waals surface area (Å²) in [5.41, 5.74) is 0. The molecule has 1 heterocycles. The van der Waals surface area contributed by atoms with Crippen LogP contribution in [0.3, 0.4) is 0 Å². The van der Waals surface area contributed by atoms with Crippen molar-refractivity contribution >= 4 is 8.60 Å². The minimum atomic E-state index is -1.71. The Bertz CT molecular complexity index is 217. The van der Waals surface area contributed by atoms with Gasteiger partial charge in [-0.15, -0.1) is 0 Å². The third-order valence-electron chi connectivity index (χ3n) is 1.14. The first kappa shape index (κ1) is 5.87. The zero-order valence-corrected chi connectivity index (χ0v) is 5.84. The van der Waals surface area contributed by atoms with Crippen LogP contribution in [0.25, 0.3) is 0 Å². The fourth-order valence-corrected chi connectivity index (χ4v) is 1.40. The fourth-order valence-electron chi connectivity index (χ4n) is 0.735. The normalized spacial score (nSPS) is 27.1. The van der Waals surface area contributed by atoms with Gasteiger partial charge >= 0.3 is 8.60 Å². The molecule has 1 aliphatic carbocycles. The van der Waals surface area contributed by atoms with Crippen LogP contribution < -0.4 is 0 Å². The highest BCUT2D eigenvalue weighted by molar-refractivity contribution is 7.41. The molecule has 3 nitrogen and oxygen atoms in total. The Hall–Kier alpha value is -0.880. The Morgan fingerprint density at radius 2 is 2.20 bits per heavy atom. The Labute approximate surface area is 59.3 Å². The highest BCUT2D eigenvalue weighted by atomic mass is 31.2. The van der Waals surface area contributed by atoms with Crippen LogP contribution in [0.2, 0.25) is 0 Å². The maximum absolute atomic E-state index is 8.86. The molecule has 10 heavy (non-hydrogen) atoms. The number of allylic oxidation sites excluding steroid dienone is 4. The minimum Gasteiger partial charge on any atom is -0.388 e. The summed E-state index contributed by atoms with van der Waals surface area (Å²) in [6.07, 6.45) is 7.85. The van der Waals surface area contributed by atoms with Crippen molar-refractivity contribution in [3.63, 3.8) is 0 Å². The summed E-state index contributed by atoms with van der Waals surface area (Å²) in [7, 11) is -1.71. The van der Waals surface area contributed by atoms with E-state index in [1.807, 2.05) is 0 Å². The lowest BCUT2D eigenvalue weighted by molar-refractivity contribution is 0.354.